The van der Waals surface area contributed by atoms with E-state index in [1.165, 1.54) is 17.4 Å². The first kappa shape index (κ1) is 11.6. The Bertz CT molecular complexity index is 515. The van der Waals surface area contributed by atoms with Gasteiger partial charge < -0.3 is 10.1 Å². The van der Waals surface area contributed by atoms with Crippen molar-refractivity contribution in [3.05, 3.63) is 42.1 Å². The van der Waals surface area contributed by atoms with Gasteiger partial charge in [0, 0.05) is 18.1 Å². The number of rotatable bonds is 3. The Labute approximate surface area is 107 Å². The van der Waals surface area contributed by atoms with Gasteiger partial charge in [0.05, 0.1) is 18.2 Å². The molecule has 3 rings (SSSR count). The quantitative estimate of drug-likeness (QED) is 0.898. The third-order valence-corrected chi connectivity index (χ3v) is 3.47. The normalized spacial score (nSPS) is 20.1. The molecule has 1 fully saturated rings. The van der Waals surface area contributed by atoms with Crippen LogP contribution in [0.2, 0.25) is 0 Å². The van der Waals surface area contributed by atoms with Crippen LogP contribution in [-0.2, 0) is 11.3 Å². The van der Waals surface area contributed by atoms with E-state index in [0.29, 0.717) is 12.7 Å². The summed E-state index contributed by atoms with van der Waals surface area (Å²) < 4.78 is 5.99. The van der Waals surface area contributed by atoms with Crippen LogP contribution < -0.4 is 5.32 Å². The zero-order valence-electron chi connectivity index (χ0n) is 10.4. The number of fused-ring (bicyclic) bond motifs is 1. The summed E-state index contributed by atoms with van der Waals surface area (Å²) in [5.41, 5.74) is 2.27. The predicted molar refractivity (Wildman–Crippen MR) is 72.4 cm³/mol. The third kappa shape index (κ3) is 2.52. The maximum Gasteiger partial charge on any atom is 0.0728 e. The maximum absolute atomic E-state index is 5.99. The molecule has 2 aromatic rings. The number of ether oxygens (including phenoxy) is 1. The van der Waals surface area contributed by atoms with Crippen molar-refractivity contribution in [1.29, 1.82) is 0 Å². The van der Waals surface area contributed by atoms with Gasteiger partial charge in [-0.3, -0.25) is 4.98 Å². The summed E-state index contributed by atoms with van der Waals surface area (Å²) in [6.45, 7) is 2.77. The van der Waals surface area contributed by atoms with E-state index in [9.17, 15) is 0 Å². The van der Waals surface area contributed by atoms with Gasteiger partial charge in [0.15, 0.2) is 0 Å². The molecule has 18 heavy (non-hydrogen) atoms. The number of pyridine rings is 1. The van der Waals surface area contributed by atoms with Gasteiger partial charge in [-0.2, -0.15) is 0 Å². The number of aromatic nitrogens is 1. The van der Waals surface area contributed by atoms with E-state index in [1.54, 1.807) is 0 Å². The van der Waals surface area contributed by atoms with Gasteiger partial charge in [-0.05, 0) is 37.1 Å². The molecule has 1 aliphatic heterocycles. The summed E-state index contributed by atoms with van der Waals surface area (Å²) in [5, 5.41) is 4.57. The molecule has 1 atom stereocenters. The van der Waals surface area contributed by atoms with Gasteiger partial charge in [0.25, 0.3) is 0 Å². The predicted octanol–water partition coefficient (Wildman–Crippen LogP) is 2.50. The molecule has 1 N–H and O–H groups in total. The van der Waals surface area contributed by atoms with Gasteiger partial charge in [0.1, 0.15) is 0 Å². The van der Waals surface area contributed by atoms with E-state index in [2.05, 4.69) is 28.5 Å². The van der Waals surface area contributed by atoms with E-state index in [0.717, 1.165) is 25.0 Å². The SMILES string of the molecule is c1ccc2c(CO[C@H]3CCCNC3)ccnc2c1. The number of benzene rings is 1. The average molecular weight is 242 g/mol. The van der Waals surface area contributed by atoms with Gasteiger partial charge in [-0.1, -0.05) is 18.2 Å². The van der Waals surface area contributed by atoms with Crippen molar-refractivity contribution in [3.63, 3.8) is 0 Å². The van der Waals surface area contributed by atoms with Crippen LogP contribution in [0.15, 0.2) is 36.5 Å². The summed E-state index contributed by atoms with van der Waals surface area (Å²) in [4.78, 5) is 4.37. The van der Waals surface area contributed by atoms with Crippen LogP contribution in [0, 0.1) is 0 Å². The Balaban J connectivity index is 1.74. The smallest absolute Gasteiger partial charge is 0.0728 e. The summed E-state index contributed by atoms with van der Waals surface area (Å²) >= 11 is 0. The fraction of sp³-hybridized carbons (Fsp3) is 0.400. The zero-order valence-corrected chi connectivity index (χ0v) is 10.4. The molecular formula is C15H18N2O. The zero-order chi connectivity index (χ0) is 12.2. The molecule has 3 nitrogen and oxygen atoms in total. The van der Waals surface area contributed by atoms with Crippen molar-refractivity contribution in [1.82, 2.24) is 10.3 Å². The van der Waals surface area contributed by atoms with Crippen LogP contribution >= 0.6 is 0 Å². The van der Waals surface area contributed by atoms with E-state index >= 15 is 0 Å². The lowest BCUT2D eigenvalue weighted by molar-refractivity contribution is 0.0258. The first-order chi connectivity index (χ1) is 8.93. The van der Waals surface area contributed by atoms with E-state index < -0.39 is 0 Å². The second-order valence-electron chi connectivity index (χ2n) is 4.77. The van der Waals surface area contributed by atoms with Crippen LogP contribution in [0.3, 0.4) is 0 Å². The van der Waals surface area contributed by atoms with Gasteiger partial charge in [0.2, 0.25) is 0 Å². The summed E-state index contributed by atoms with van der Waals surface area (Å²) in [6, 6.07) is 10.3. The lowest BCUT2D eigenvalue weighted by Gasteiger charge is -2.23. The average Bonchev–Trinajstić information content (AvgIpc) is 2.46. The topological polar surface area (TPSA) is 34.1 Å². The van der Waals surface area contributed by atoms with Crippen molar-refractivity contribution in [2.24, 2.45) is 0 Å². The number of nitrogens with one attached hydrogen (secondary N) is 1. The van der Waals surface area contributed by atoms with Crippen LogP contribution in [0.25, 0.3) is 10.9 Å². The minimum Gasteiger partial charge on any atom is -0.372 e. The Kier molecular flexibility index (Phi) is 3.53. The first-order valence-electron chi connectivity index (χ1n) is 6.58. The van der Waals surface area contributed by atoms with E-state index in [-0.39, 0.29) is 0 Å². The highest BCUT2D eigenvalue weighted by molar-refractivity contribution is 5.81. The fourth-order valence-corrected chi connectivity index (χ4v) is 2.45. The highest BCUT2D eigenvalue weighted by Crippen LogP contribution is 2.18. The summed E-state index contributed by atoms with van der Waals surface area (Å²) in [7, 11) is 0. The molecule has 0 radical (unpaired) electrons. The molecule has 1 aliphatic rings. The number of hydrogen-bond donors (Lipinski definition) is 1. The minimum atomic E-state index is 0.352. The van der Waals surface area contributed by atoms with Gasteiger partial charge in [-0.25, -0.2) is 0 Å². The van der Waals surface area contributed by atoms with Crippen LogP contribution in [0.4, 0.5) is 0 Å². The van der Waals surface area contributed by atoms with Gasteiger partial charge in [-0.15, -0.1) is 0 Å². The number of piperidine rings is 1. The monoisotopic (exact) mass is 242 g/mol. The van der Waals surface area contributed by atoms with Crippen LogP contribution in [0.1, 0.15) is 18.4 Å². The molecule has 2 heterocycles. The second kappa shape index (κ2) is 5.46. The number of para-hydroxylation sites is 1. The second-order valence-corrected chi connectivity index (χ2v) is 4.77. The van der Waals surface area contributed by atoms with Crippen molar-refractivity contribution in [3.8, 4) is 0 Å². The molecule has 94 valence electrons. The van der Waals surface area contributed by atoms with Gasteiger partial charge >= 0.3 is 0 Å². The maximum atomic E-state index is 5.99. The number of hydrogen-bond acceptors (Lipinski definition) is 3. The Morgan fingerprint density at radius 3 is 3.11 bits per heavy atom. The molecule has 0 bridgehead atoms. The Hall–Kier alpha value is -1.45. The largest absolute Gasteiger partial charge is 0.372 e. The molecule has 0 aliphatic carbocycles. The molecule has 3 heteroatoms. The molecule has 1 aromatic carbocycles. The molecule has 0 saturated carbocycles. The van der Waals surface area contributed by atoms with Crippen molar-refractivity contribution < 1.29 is 4.74 Å². The number of nitrogens with zero attached hydrogens (tertiary/aromatic N) is 1. The van der Waals surface area contributed by atoms with Crippen molar-refractivity contribution in [2.45, 2.75) is 25.6 Å². The molecule has 0 unspecified atom stereocenters. The van der Waals surface area contributed by atoms with Crippen molar-refractivity contribution in [2.75, 3.05) is 13.1 Å². The lowest BCUT2D eigenvalue weighted by Crippen LogP contribution is -2.35. The lowest BCUT2D eigenvalue weighted by atomic mass is 10.1. The summed E-state index contributed by atoms with van der Waals surface area (Å²) in [6.07, 6.45) is 4.59. The third-order valence-electron chi connectivity index (χ3n) is 3.47. The molecule has 1 aromatic heterocycles. The standard InChI is InChI=1S/C15H18N2O/c1-2-6-15-14(5-1)12(7-9-17-15)11-18-13-4-3-8-16-10-13/h1-2,5-7,9,13,16H,3-4,8,10-11H2/t13-/m0/s1. The van der Waals surface area contributed by atoms with Crippen LogP contribution in [0.5, 0.6) is 0 Å². The van der Waals surface area contributed by atoms with E-state index in [4.69, 9.17) is 4.74 Å². The first-order valence-corrected chi connectivity index (χ1v) is 6.58. The van der Waals surface area contributed by atoms with Crippen LogP contribution in [-0.4, -0.2) is 24.2 Å². The van der Waals surface area contributed by atoms with E-state index in [1.807, 2.05) is 18.3 Å². The Morgan fingerprint density at radius 2 is 2.22 bits per heavy atom. The molecular weight excluding hydrogens is 224 g/mol. The highest BCUT2D eigenvalue weighted by Gasteiger charge is 2.13. The minimum absolute atomic E-state index is 0.352. The van der Waals surface area contributed by atoms with Crippen molar-refractivity contribution >= 4 is 10.9 Å². The molecule has 1 saturated heterocycles. The summed E-state index contributed by atoms with van der Waals surface area (Å²) in [5.74, 6) is 0. The molecule has 0 amide bonds. The highest BCUT2D eigenvalue weighted by atomic mass is 16.5. The fourth-order valence-electron chi connectivity index (χ4n) is 2.45. The molecule has 0 spiro atoms. The Morgan fingerprint density at radius 1 is 1.28 bits per heavy atom.